The van der Waals surface area contributed by atoms with Crippen LogP contribution in [0.5, 0.6) is 5.75 Å². The molecule has 0 bridgehead atoms. The van der Waals surface area contributed by atoms with Crippen molar-refractivity contribution in [3.05, 3.63) is 64.7 Å². The number of rotatable bonds is 6. The lowest BCUT2D eigenvalue weighted by molar-refractivity contribution is -0.116. The quantitative estimate of drug-likeness (QED) is 0.698. The Morgan fingerprint density at radius 1 is 1.22 bits per heavy atom. The lowest BCUT2D eigenvalue weighted by Crippen LogP contribution is -2.28. The Kier molecular flexibility index (Phi) is 5.52. The molecule has 0 saturated heterocycles. The average molecular weight is 367 g/mol. The van der Waals surface area contributed by atoms with Crippen molar-refractivity contribution < 1.29 is 14.6 Å². The highest BCUT2D eigenvalue weighted by Crippen LogP contribution is 2.16. The summed E-state index contributed by atoms with van der Waals surface area (Å²) in [6.45, 7) is 1.67. The summed E-state index contributed by atoms with van der Waals surface area (Å²) in [7, 11) is 1.57. The molecule has 0 aliphatic rings. The number of para-hydroxylation sites is 1. The largest absolute Gasteiger partial charge is 0.497 e. The van der Waals surface area contributed by atoms with Crippen LogP contribution in [-0.2, 0) is 11.3 Å². The molecule has 0 spiro atoms. The van der Waals surface area contributed by atoms with Crippen LogP contribution in [0.4, 0.5) is 5.69 Å². The number of nitrogens with one attached hydrogen (secondary N) is 1. The first-order valence-electron chi connectivity index (χ1n) is 8.61. The van der Waals surface area contributed by atoms with Crippen LogP contribution in [0.15, 0.2) is 53.3 Å². The minimum absolute atomic E-state index is 0.0751. The van der Waals surface area contributed by atoms with Crippen LogP contribution in [0.2, 0.25) is 0 Å². The first-order chi connectivity index (χ1) is 13.0. The fraction of sp³-hybridized carbons (Fsp3) is 0.250. The molecular formula is C20H21N3O4. The third-order valence-corrected chi connectivity index (χ3v) is 4.20. The zero-order valence-electron chi connectivity index (χ0n) is 15.2. The first-order valence-corrected chi connectivity index (χ1v) is 8.61. The maximum absolute atomic E-state index is 12.8. The summed E-state index contributed by atoms with van der Waals surface area (Å²) in [4.78, 5) is 29.4. The average Bonchev–Trinajstić information content (AvgIpc) is 2.67. The van der Waals surface area contributed by atoms with Crippen molar-refractivity contribution in [3.8, 4) is 5.75 Å². The van der Waals surface area contributed by atoms with Crippen molar-refractivity contribution in [1.29, 1.82) is 0 Å². The predicted molar refractivity (Wildman–Crippen MR) is 103 cm³/mol. The molecule has 140 valence electrons. The number of aliphatic hydroxyl groups is 1. The van der Waals surface area contributed by atoms with Crippen molar-refractivity contribution in [1.82, 2.24) is 9.55 Å². The smallest absolute Gasteiger partial charge is 0.261 e. The number of methoxy groups -OCH3 is 1. The van der Waals surface area contributed by atoms with E-state index in [2.05, 4.69) is 10.3 Å². The predicted octanol–water partition coefficient (Wildman–Crippen LogP) is 2.49. The number of nitrogens with zero attached hydrogens (tertiary/aromatic N) is 2. The summed E-state index contributed by atoms with van der Waals surface area (Å²) >= 11 is 0. The minimum Gasteiger partial charge on any atom is -0.497 e. The molecule has 2 N–H and O–H groups in total. The van der Waals surface area contributed by atoms with Gasteiger partial charge in [0.1, 0.15) is 17.7 Å². The van der Waals surface area contributed by atoms with Crippen LogP contribution in [0.3, 0.4) is 0 Å². The Morgan fingerprint density at radius 2 is 1.93 bits per heavy atom. The van der Waals surface area contributed by atoms with Gasteiger partial charge in [-0.05, 0) is 43.3 Å². The van der Waals surface area contributed by atoms with Gasteiger partial charge in [-0.25, -0.2) is 4.98 Å². The lowest BCUT2D eigenvalue weighted by atomic mass is 10.2. The second-order valence-corrected chi connectivity index (χ2v) is 6.15. The van der Waals surface area contributed by atoms with Crippen LogP contribution < -0.4 is 15.6 Å². The molecule has 2 aromatic carbocycles. The van der Waals surface area contributed by atoms with Crippen LogP contribution in [0.25, 0.3) is 10.9 Å². The summed E-state index contributed by atoms with van der Waals surface area (Å²) in [5, 5.41) is 13.2. The van der Waals surface area contributed by atoms with Gasteiger partial charge in [0.15, 0.2) is 0 Å². The lowest BCUT2D eigenvalue weighted by Gasteiger charge is -2.15. The molecular weight excluding hydrogens is 346 g/mol. The van der Waals surface area contributed by atoms with E-state index in [9.17, 15) is 14.7 Å². The number of carbonyl (C=O) groups excluding carboxylic acids is 1. The summed E-state index contributed by atoms with van der Waals surface area (Å²) < 4.78 is 6.44. The molecule has 1 aromatic heterocycles. The maximum atomic E-state index is 12.8. The second-order valence-electron chi connectivity index (χ2n) is 6.15. The van der Waals surface area contributed by atoms with Gasteiger partial charge in [-0.2, -0.15) is 0 Å². The molecule has 27 heavy (non-hydrogen) atoms. The highest BCUT2D eigenvalue weighted by molar-refractivity contribution is 5.90. The molecule has 0 aliphatic heterocycles. The number of fused-ring (bicyclic) bond motifs is 1. The summed E-state index contributed by atoms with van der Waals surface area (Å²) in [5.41, 5.74) is 0.895. The Balaban J connectivity index is 1.79. The zero-order chi connectivity index (χ0) is 19.4. The van der Waals surface area contributed by atoms with E-state index >= 15 is 0 Å². The maximum Gasteiger partial charge on any atom is 0.261 e. The molecule has 1 amide bonds. The monoisotopic (exact) mass is 367 g/mol. The fourth-order valence-electron chi connectivity index (χ4n) is 2.83. The van der Waals surface area contributed by atoms with E-state index in [1.165, 1.54) is 4.57 Å². The molecule has 3 rings (SSSR count). The van der Waals surface area contributed by atoms with Gasteiger partial charge in [0.25, 0.3) is 5.56 Å². The number of aromatic nitrogens is 2. The van der Waals surface area contributed by atoms with E-state index < -0.39 is 6.10 Å². The summed E-state index contributed by atoms with van der Waals surface area (Å²) in [5.74, 6) is 0.705. The van der Waals surface area contributed by atoms with Crippen molar-refractivity contribution in [2.24, 2.45) is 0 Å². The molecule has 0 radical (unpaired) electrons. The number of ether oxygens (including phenoxy) is 1. The normalized spacial score (nSPS) is 12.0. The van der Waals surface area contributed by atoms with Crippen LogP contribution in [0.1, 0.15) is 25.3 Å². The van der Waals surface area contributed by atoms with Gasteiger partial charge in [-0.1, -0.05) is 12.1 Å². The third kappa shape index (κ3) is 4.15. The van der Waals surface area contributed by atoms with Gasteiger partial charge in [0, 0.05) is 18.7 Å². The molecule has 1 atom stereocenters. The number of amides is 1. The summed E-state index contributed by atoms with van der Waals surface area (Å²) in [6, 6.07) is 13.9. The van der Waals surface area contributed by atoms with Gasteiger partial charge in [0.2, 0.25) is 5.91 Å². The highest BCUT2D eigenvalue weighted by atomic mass is 16.5. The molecule has 1 unspecified atom stereocenters. The number of aliphatic hydroxyl groups excluding tert-OH is 1. The van der Waals surface area contributed by atoms with Crippen molar-refractivity contribution in [3.63, 3.8) is 0 Å². The fourth-order valence-corrected chi connectivity index (χ4v) is 2.83. The van der Waals surface area contributed by atoms with Gasteiger partial charge in [-0.3, -0.25) is 14.2 Å². The van der Waals surface area contributed by atoms with Crippen molar-refractivity contribution >= 4 is 22.5 Å². The van der Waals surface area contributed by atoms with E-state index in [4.69, 9.17) is 4.74 Å². The van der Waals surface area contributed by atoms with Gasteiger partial charge >= 0.3 is 0 Å². The van der Waals surface area contributed by atoms with Crippen LogP contribution in [-0.4, -0.2) is 27.7 Å². The van der Waals surface area contributed by atoms with Crippen molar-refractivity contribution in [2.45, 2.75) is 26.0 Å². The zero-order valence-corrected chi connectivity index (χ0v) is 15.2. The van der Waals surface area contributed by atoms with E-state index in [0.29, 0.717) is 22.3 Å². The van der Waals surface area contributed by atoms with E-state index in [-0.39, 0.29) is 30.3 Å². The van der Waals surface area contributed by atoms with Gasteiger partial charge in [-0.15, -0.1) is 0 Å². The second kappa shape index (κ2) is 8.01. The number of hydrogen-bond acceptors (Lipinski definition) is 5. The van der Waals surface area contributed by atoms with Crippen molar-refractivity contribution in [2.75, 3.05) is 12.4 Å². The minimum atomic E-state index is -0.924. The number of benzene rings is 2. The van der Waals surface area contributed by atoms with Gasteiger partial charge < -0.3 is 15.2 Å². The Morgan fingerprint density at radius 3 is 2.59 bits per heavy atom. The summed E-state index contributed by atoms with van der Waals surface area (Å²) in [6.07, 6.45) is -0.849. The molecule has 7 heteroatoms. The Labute approximate surface area is 156 Å². The SMILES string of the molecule is COc1ccc(NC(=O)CCn2c(C(C)O)nc3ccccc3c2=O)cc1. The molecule has 7 nitrogen and oxygen atoms in total. The third-order valence-electron chi connectivity index (χ3n) is 4.20. The van der Waals surface area contributed by atoms with Crippen LogP contribution in [0, 0.1) is 0 Å². The first kappa shape index (κ1) is 18.6. The molecule has 3 aromatic rings. The number of hydrogen-bond donors (Lipinski definition) is 2. The molecule has 0 aliphatic carbocycles. The van der Waals surface area contributed by atoms with E-state index in [1.807, 2.05) is 0 Å². The standard InChI is InChI=1S/C20H21N3O4/c1-13(24)19-22-17-6-4-3-5-16(17)20(26)23(19)12-11-18(25)21-14-7-9-15(27-2)10-8-14/h3-10,13,24H,11-12H2,1-2H3,(H,21,25). The topological polar surface area (TPSA) is 93.4 Å². The Hall–Kier alpha value is -3.19. The number of anilines is 1. The molecule has 0 saturated carbocycles. The van der Waals surface area contributed by atoms with E-state index in [1.54, 1.807) is 62.6 Å². The number of carbonyl (C=O) groups is 1. The Bertz CT molecular complexity index is 1010. The highest BCUT2D eigenvalue weighted by Gasteiger charge is 2.15. The molecule has 0 fully saturated rings. The van der Waals surface area contributed by atoms with Crippen LogP contribution >= 0.6 is 0 Å². The van der Waals surface area contributed by atoms with E-state index in [0.717, 1.165) is 0 Å². The molecule has 1 heterocycles. The van der Waals surface area contributed by atoms with Gasteiger partial charge in [0.05, 0.1) is 18.0 Å².